The summed E-state index contributed by atoms with van der Waals surface area (Å²) in [4.78, 5) is 34.1. The van der Waals surface area contributed by atoms with Gasteiger partial charge in [0.15, 0.2) is 0 Å². The van der Waals surface area contributed by atoms with E-state index < -0.39 is 185 Å². The van der Waals surface area contributed by atoms with Gasteiger partial charge in [-0.3, -0.25) is 9.69 Å². The van der Waals surface area contributed by atoms with Gasteiger partial charge in [-0.05, 0) is 123 Å². The monoisotopic (exact) mass is 1810 g/mol. The van der Waals surface area contributed by atoms with Gasteiger partial charge in [-0.1, -0.05) is 11.5 Å². The molecule has 1 aromatic carbocycles. The number of amides is 2. The van der Waals surface area contributed by atoms with Crippen molar-refractivity contribution in [3.05, 3.63) is 389 Å². The number of aliphatic carboxylic acids is 1. The standard InChI is InChI=1S/C58H4.C17H23N5O2.C6H8N2O2.B58/c1-3-5-7-9-11-13-15-17-19-21-23-25-27-29-31-33-35-37-39-41-43-45-47-49-51-53-55-57-58-56-54-52-50-48-46-44-42-40-38-36-34-32-30-28-26-24-22-20-18-16-14-12-10-8-6-4-2;1-18-17(23)21(3)14-4-5-16-15(10-14)22(8-9-24-16)7-6-13-11-20(2)12-19-13;1-8-3-5(7-4-8)2-6(9)10;1-31(2)46(32(3)4)53(45(29)30)57(54(47(33(5)6)34(7)8)48(35(9)10)36(11)12)58(55(49(37(13)14)38(15)16)50(39(17)18)40(19)20)56(51(41(21)22)42(23)24)52(43(25)26)44(27)28/h1-2H2;4-5,10-12H,6-9H2,1-3H3,(H,18,23);3-4H,2H2,1H3,(H,9,10);. The number of hydrogen-bond donors (Lipinski definition) is 2. The molecule has 11 nitrogen and oxygen atoms in total. The number of rotatable bonds is 33. The molecule has 2 N–H and O–H groups in total. The number of carboxylic acids is 1. The molecule has 1 aliphatic heterocycles. The predicted octanol–water partition coefficient (Wildman–Crippen LogP) is -10.9. The topological polar surface area (TPSA) is 118 Å². The maximum Gasteiger partial charge on any atom is 0.321 e. The Morgan fingerprint density at radius 1 is 0.327 bits per heavy atom. The van der Waals surface area contributed by atoms with Gasteiger partial charge in [-0.2, -0.15) is 0 Å². The Labute approximate surface area is 935 Å². The Morgan fingerprint density at radius 3 is 0.720 bits per heavy atom. The lowest BCUT2D eigenvalue weighted by Crippen LogP contribution is -2.96. The number of nitrogens with one attached hydrogen (secondary N) is 1. The van der Waals surface area contributed by atoms with Crippen molar-refractivity contribution < 1.29 is 19.4 Å². The lowest BCUT2D eigenvalue weighted by molar-refractivity contribution is -0.136. The number of aromatic nitrogens is 4. The highest BCUT2D eigenvalue weighted by Gasteiger charge is 2.62. The summed E-state index contributed by atoms with van der Waals surface area (Å²) in [6.45, 7) is 8.98. The van der Waals surface area contributed by atoms with E-state index in [0.717, 1.165) is 42.3 Å². The molecule has 0 unspecified atom stereocenters. The van der Waals surface area contributed by atoms with E-state index in [4.69, 9.17) is 242 Å². The van der Waals surface area contributed by atoms with Crippen LogP contribution in [-0.2, 0) is 31.7 Å². The second-order valence-corrected chi connectivity index (χ2v) is 31.3. The molecule has 60 radical (unpaired) electrons. The lowest BCUT2D eigenvalue weighted by Gasteiger charge is -2.58. The van der Waals surface area contributed by atoms with E-state index in [2.05, 4.69) is 354 Å². The first-order valence-corrected chi connectivity index (χ1v) is 44.3. The van der Waals surface area contributed by atoms with Crippen molar-refractivity contribution in [2.45, 2.75) is 12.8 Å². The number of urea groups is 1. The van der Waals surface area contributed by atoms with E-state index in [1.807, 2.05) is 42.3 Å². The molecule has 2 aromatic heterocycles. The molecule has 2 amide bonds. The van der Waals surface area contributed by atoms with Crippen molar-refractivity contribution in [1.82, 2.24) is 24.4 Å². The number of carbonyl (C=O) groups is 2. The van der Waals surface area contributed by atoms with Gasteiger partial charge in [0.1, 0.15) is 12.4 Å². The van der Waals surface area contributed by atoms with Crippen molar-refractivity contribution in [2.75, 3.05) is 43.6 Å². The molecule has 150 heavy (non-hydrogen) atoms. The van der Waals surface area contributed by atoms with Crippen molar-refractivity contribution in [3.63, 3.8) is 0 Å². The van der Waals surface area contributed by atoms with Gasteiger partial charge in [0.05, 0.1) is 42.7 Å². The number of imidazole rings is 2. The van der Waals surface area contributed by atoms with Gasteiger partial charge < -0.3 is 29.2 Å². The van der Waals surface area contributed by atoms with Gasteiger partial charge >= 0.3 is 12.0 Å². The van der Waals surface area contributed by atoms with Crippen LogP contribution in [0.1, 0.15) is 11.4 Å². The number of anilines is 2. The van der Waals surface area contributed by atoms with E-state index in [9.17, 15) is 9.59 Å². The van der Waals surface area contributed by atoms with Crippen LogP contribution >= 0.6 is 0 Å². The molecule has 0 spiro atoms. The van der Waals surface area contributed by atoms with Crippen molar-refractivity contribution >= 4 is 434 Å². The zero-order valence-electron chi connectivity index (χ0n) is 82.8. The maximum atomic E-state index is 11.8. The number of benzene rings is 1. The number of fused-ring (bicyclic) bond motifs is 1. The molecule has 0 fully saturated rings. The van der Waals surface area contributed by atoms with Gasteiger partial charge in [-0.25, -0.2) is 14.8 Å². The van der Waals surface area contributed by atoms with Gasteiger partial charge in [-0.15, -0.1) is 0 Å². The summed E-state index contributed by atoms with van der Waals surface area (Å²) < 4.78 is 9.43. The second-order valence-electron chi connectivity index (χ2n) is 31.3. The van der Waals surface area contributed by atoms with E-state index in [1.54, 1.807) is 43.1 Å². The zero-order chi connectivity index (χ0) is 112. The number of ether oxygens (including phenoxy) is 1. The summed E-state index contributed by atoms with van der Waals surface area (Å²) in [5, 5.41) is 11.0. The smallest absolute Gasteiger partial charge is 0.321 e. The Bertz CT molecular complexity index is 7230. The number of aryl methyl sites for hydroxylation is 2. The first-order valence-electron chi connectivity index (χ1n) is 44.3. The van der Waals surface area contributed by atoms with Gasteiger partial charge in [0, 0.05) is 688 Å². The zero-order valence-corrected chi connectivity index (χ0v) is 82.8. The summed E-state index contributed by atoms with van der Waals surface area (Å²) in [6.07, 6.45) is -31.3. The molecule has 0 saturated carbocycles. The Hall–Kier alpha value is -12.8. The van der Waals surface area contributed by atoms with Crippen LogP contribution in [0.15, 0.2) is 377 Å². The molecule has 0 atom stereocenters. The summed E-state index contributed by atoms with van der Waals surface area (Å²) in [5.74, 6) is 0.00928. The van der Waals surface area contributed by atoms with Crippen LogP contribution < -0.4 is 19.9 Å². The molecule has 3 heterocycles. The minimum Gasteiger partial charge on any atom is -0.490 e. The minimum absolute atomic E-state index is 0.000833. The molecular weight excluding hydrogens is 1760 g/mol. The Balaban J connectivity index is 0.00000114. The number of nitrogens with zero attached hydrogens (tertiary/aromatic N) is 6. The fourth-order valence-corrected chi connectivity index (χ4v) is 15.3. The molecule has 3 aromatic rings. The first kappa shape index (κ1) is 135. The number of carboxylic acid groups (broad SMARTS) is 1. The van der Waals surface area contributed by atoms with Crippen LogP contribution in [0.2, 0.25) is 0 Å². The third-order valence-corrected chi connectivity index (χ3v) is 20.8. The third-order valence-electron chi connectivity index (χ3n) is 20.8. The van der Waals surface area contributed by atoms with Crippen molar-refractivity contribution in [2.24, 2.45) is 14.1 Å². The molecule has 1 aliphatic rings. The van der Waals surface area contributed by atoms with E-state index in [0.29, 0.717) is 12.3 Å². The quantitative estimate of drug-likeness (QED) is 0.0461. The second kappa shape index (κ2) is 80.2. The Morgan fingerprint density at radius 2 is 0.527 bits per heavy atom. The molecule has 0 saturated heterocycles. The average molecular weight is 1800 g/mol. The molecule has 0 aliphatic carbocycles. The predicted molar refractivity (Wildman–Crippen MR) is 670 cm³/mol. The molecule has 592 valence electrons. The van der Waals surface area contributed by atoms with Gasteiger partial charge in [0.25, 0.3) is 0 Å². The van der Waals surface area contributed by atoms with Gasteiger partial charge in [0.2, 0.25) is 0 Å². The fraction of sp³-hybridized carbons (Fsp3) is 0.111. The molecule has 69 heteroatoms. The average Bonchev–Trinajstić information content (AvgIpc) is 0.888. The molecule has 4 rings (SSSR count). The highest BCUT2D eigenvalue weighted by atomic mass is 16.5. The lowest BCUT2D eigenvalue weighted by atomic mass is 8.23. The van der Waals surface area contributed by atoms with Crippen LogP contribution in [0.3, 0.4) is 0 Å². The van der Waals surface area contributed by atoms with Crippen molar-refractivity contribution in [3.8, 4) is 5.75 Å². The van der Waals surface area contributed by atoms with Crippen molar-refractivity contribution in [1.29, 1.82) is 0 Å². The highest BCUT2D eigenvalue weighted by molar-refractivity contribution is 8.37. The summed E-state index contributed by atoms with van der Waals surface area (Å²) in [7, 11) is 204. The molecule has 0 bridgehead atoms. The summed E-state index contributed by atoms with van der Waals surface area (Å²) in [6, 6.07) is 5.68. The summed E-state index contributed by atoms with van der Waals surface area (Å²) >= 11 is 0. The normalized spacial score (nSPS) is 8.04. The third kappa shape index (κ3) is 55.1. The number of carbonyl (C=O) groups excluding carboxylic acids is 1. The minimum atomic E-state index is -1.53. The Kier molecular flexibility index (Phi) is 72.2. The van der Waals surface area contributed by atoms with Crippen LogP contribution in [0, 0.1) is 0 Å². The fourth-order valence-electron chi connectivity index (χ4n) is 15.3. The van der Waals surface area contributed by atoms with Crippen LogP contribution in [0.25, 0.3) is 0 Å². The van der Waals surface area contributed by atoms with E-state index in [1.165, 1.54) is 0 Å². The SMILES string of the molecule is C=C=C=C=C=C=C=C=C=C=C=C=C=C=C=C=C=C=C=C=C=C=C=C=C=C=C=C=C=C=C=C=C=C=C=C=C=C=C=C=C=C=C=C=C=C=C=C=C=C=C=C=C=C=C=C=C=C.CNC(=O)N(C)c1ccc2c(c1)N(CCc1cn(C)cn1)CCO2.Cn1cnc(CC(=O)O)c1.[B]B([B])B(B([B])[B])B(B([B])[B])B(B(B(B([B])[B])B([B])[B])B(B([B])[B])B([B])[B])B(B(B(B([B])[B])B([B])[B])B(B([B])[B])B([B])[B])B(B(B([B])[B])B([B])[B])B(B([B])[B])B([B])[B]. The number of hydrogen-bond acceptors (Lipinski definition) is 6. The van der Waals surface area contributed by atoms with Crippen LogP contribution in [0.5, 0.6) is 5.75 Å². The first-order chi connectivity index (χ1) is 71.5. The van der Waals surface area contributed by atoms with Crippen LogP contribution in [-0.4, -0.2) is 481 Å². The largest absolute Gasteiger partial charge is 0.490 e. The van der Waals surface area contributed by atoms with E-state index >= 15 is 0 Å². The van der Waals surface area contributed by atoms with Crippen LogP contribution in [0.4, 0.5) is 16.2 Å². The molecular formula is C81H35B58N7O4. The maximum absolute atomic E-state index is 11.8. The highest BCUT2D eigenvalue weighted by Crippen LogP contribution is 2.35. The summed E-state index contributed by atoms with van der Waals surface area (Å²) in [5.41, 5.74) is 143. The van der Waals surface area contributed by atoms with E-state index in [-0.39, 0.29) is 12.5 Å².